The van der Waals surface area contributed by atoms with Crippen LogP contribution in [-0.4, -0.2) is 6.54 Å². The highest BCUT2D eigenvalue weighted by atomic mass is 79.9. The summed E-state index contributed by atoms with van der Waals surface area (Å²) in [5.74, 6) is 0. The zero-order chi connectivity index (χ0) is 14.5. The molecule has 1 N–H and O–H groups in total. The maximum atomic E-state index is 3.91. The van der Waals surface area contributed by atoms with Gasteiger partial charge < -0.3 is 5.32 Å². The smallest absolute Gasteiger partial charge is 0.0582 e. The molecule has 0 heterocycles. The Morgan fingerprint density at radius 2 is 1.85 bits per heavy atom. The van der Waals surface area contributed by atoms with Gasteiger partial charge in [-0.25, -0.2) is 0 Å². The minimum Gasteiger partial charge on any atom is -0.302 e. The molecule has 2 heteroatoms. The van der Waals surface area contributed by atoms with Crippen molar-refractivity contribution in [1.29, 1.82) is 0 Å². The molecule has 0 amide bonds. The molecule has 0 fully saturated rings. The van der Waals surface area contributed by atoms with E-state index in [-0.39, 0.29) is 6.04 Å². The van der Waals surface area contributed by atoms with E-state index in [1.807, 2.05) is 6.07 Å². The number of rotatable bonds is 5. The fourth-order valence-corrected chi connectivity index (χ4v) is 2.58. The molecule has 0 saturated carbocycles. The van der Waals surface area contributed by atoms with Gasteiger partial charge in [0, 0.05) is 11.0 Å². The van der Waals surface area contributed by atoms with Crippen LogP contribution in [0.3, 0.4) is 0 Å². The van der Waals surface area contributed by atoms with E-state index < -0.39 is 0 Å². The van der Waals surface area contributed by atoms with Crippen molar-refractivity contribution >= 4 is 15.9 Å². The Morgan fingerprint density at radius 3 is 2.45 bits per heavy atom. The third-order valence-corrected chi connectivity index (χ3v) is 3.65. The van der Waals surface area contributed by atoms with Gasteiger partial charge in [-0.2, -0.15) is 0 Å². The summed E-state index contributed by atoms with van der Waals surface area (Å²) in [5, 5.41) is 3.57. The largest absolute Gasteiger partial charge is 0.302 e. The summed E-state index contributed by atoms with van der Waals surface area (Å²) in [6.07, 6.45) is 0. The Labute approximate surface area is 129 Å². The molecule has 0 bridgehead atoms. The Balaban J connectivity index is 2.37. The third-order valence-electron chi connectivity index (χ3n) is 3.37. The van der Waals surface area contributed by atoms with E-state index in [0.29, 0.717) is 0 Å². The van der Waals surface area contributed by atoms with Crippen molar-refractivity contribution < 1.29 is 0 Å². The van der Waals surface area contributed by atoms with Crippen LogP contribution in [0, 0.1) is 13.8 Å². The van der Waals surface area contributed by atoms with Gasteiger partial charge in [0.25, 0.3) is 0 Å². The fraction of sp³-hybridized carbons (Fsp3) is 0.222. The Bertz CT molecular complexity index is 590. The van der Waals surface area contributed by atoms with E-state index in [1.54, 1.807) is 0 Å². The maximum Gasteiger partial charge on any atom is 0.0582 e. The van der Waals surface area contributed by atoms with Crippen molar-refractivity contribution in [3.63, 3.8) is 0 Å². The molecule has 1 unspecified atom stereocenters. The van der Waals surface area contributed by atoms with Gasteiger partial charge in [0.2, 0.25) is 0 Å². The number of benzene rings is 2. The molecule has 0 aliphatic heterocycles. The zero-order valence-corrected chi connectivity index (χ0v) is 13.6. The second-order valence-electron chi connectivity index (χ2n) is 5.10. The number of hydrogen-bond donors (Lipinski definition) is 1. The third kappa shape index (κ3) is 3.81. The van der Waals surface area contributed by atoms with Gasteiger partial charge in [-0.1, -0.05) is 76.6 Å². The van der Waals surface area contributed by atoms with Crippen LogP contribution in [0.25, 0.3) is 0 Å². The van der Waals surface area contributed by atoms with Gasteiger partial charge in [0.05, 0.1) is 6.04 Å². The van der Waals surface area contributed by atoms with E-state index >= 15 is 0 Å². The quantitative estimate of drug-likeness (QED) is 0.823. The van der Waals surface area contributed by atoms with Crippen molar-refractivity contribution in [3.8, 4) is 0 Å². The van der Waals surface area contributed by atoms with Crippen LogP contribution < -0.4 is 5.32 Å². The molecule has 0 aromatic heterocycles. The first-order chi connectivity index (χ1) is 9.58. The van der Waals surface area contributed by atoms with Crippen LogP contribution in [0.15, 0.2) is 59.6 Å². The molecule has 1 atom stereocenters. The standard InChI is InChI=1S/C18H20BrN/c1-13-9-10-17(14(2)11-13)18(20-12-15(3)19)16-7-5-4-6-8-16/h4-11,18,20H,3,12H2,1-2H3. The average Bonchev–Trinajstić information content (AvgIpc) is 2.42. The predicted octanol–water partition coefficient (Wildman–Crippen LogP) is 4.89. The van der Waals surface area contributed by atoms with Crippen LogP contribution >= 0.6 is 15.9 Å². The predicted molar refractivity (Wildman–Crippen MR) is 90.3 cm³/mol. The van der Waals surface area contributed by atoms with Gasteiger partial charge in [0.1, 0.15) is 0 Å². The molecule has 0 aliphatic rings. The number of halogens is 1. The van der Waals surface area contributed by atoms with Crippen molar-refractivity contribution in [1.82, 2.24) is 5.32 Å². The SMILES string of the molecule is C=C(Br)CNC(c1ccccc1)c1ccc(C)cc1C. The molecule has 2 aromatic rings. The van der Waals surface area contributed by atoms with E-state index in [9.17, 15) is 0 Å². The Hall–Kier alpha value is -1.38. The van der Waals surface area contributed by atoms with Crippen molar-refractivity contribution in [2.75, 3.05) is 6.54 Å². The first kappa shape index (κ1) is 15.0. The Kier molecular flexibility index (Phi) is 5.16. The molecule has 0 radical (unpaired) electrons. The highest BCUT2D eigenvalue weighted by molar-refractivity contribution is 9.11. The van der Waals surface area contributed by atoms with Crippen LogP contribution in [0.2, 0.25) is 0 Å². The van der Waals surface area contributed by atoms with Crippen molar-refractivity contribution in [2.24, 2.45) is 0 Å². The lowest BCUT2D eigenvalue weighted by molar-refractivity contribution is 0.647. The van der Waals surface area contributed by atoms with E-state index in [1.165, 1.54) is 22.3 Å². The summed E-state index contributed by atoms with van der Waals surface area (Å²) in [6.45, 7) is 8.94. The second kappa shape index (κ2) is 6.87. The summed E-state index contributed by atoms with van der Waals surface area (Å²) in [5.41, 5.74) is 5.19. The molecule has 20 heavy (non-hydrogen) atoms. The lowest BCUT2D eigenvalue weighted by Gasteiger charge is -2.22. The minimum atomic E-state index is 0.186. The van der Waals surface area contributed by atoms with Crippen LogP contribution in [0.1, 0.15) is 28.3 Å². The molecule has 104 valence electrons. The summed E-state index contributed by atoms with van der Waals surface area (Å²) >= 11 is 3.42. The molecule has 1 nitrogen and oxygen atoms in total. The van der Waals surface area contributed by atoms with Gasteiger partial charge in [-0.3, -0.25) is 0 Å². The minimum absolute atomic E-state index is 0.186. The topological polar surface area (TPSA) is 12.0 Å². The van der Waals surface area contributed by atoms with Gasteiger partial charge in [-0.15, -0.1) is 0 Å². The van der Waals surface area contributed by atoms with Crippen molar-refractivity contribution in [3.05, 3.63) is 81.8 Å². The van der Waals surface area contributed by atoms with Crippen LogP contribution in [-0.2, 0) is 0 Å². The first-order valence-electron chi connectivity index (χ1n) is 6.76. The molecule has 0 spiro atoms. The molecular weight excluding hydrogens is 310 g/mol. The zero-order valence-electron chi connectivity index (χ0n) is 12.0. The first-order valence-corrected chi connectivity index (χ1v) is 7.56. The summed E-state index contributed by atoms with van der Waals surface area (Å²) in [6, 6.07) is 17.3. The number of aryl methyl sites for hydroxylation is 2. The maximum absolute atomic E-state index is 3.91. The highest BCUT2D eigenvalue weighted by Crippen LogP contribution is 2.26. The van der Waals surface area contributed by atoms with Gasteiger partial charge in [-0.05, 0) is 30.5 Å². The van der Waals surface area contributed by atoms with E-state index in [4.69, 9.17) is 0 Å². The normalized spacial score (nSPS) is 12.2. The van der Waals surface area contributed by atoms with E-state index in [2.05, 4.69) is 84.1 Å². The summed E-state index contributed by atoms with van der Waals surface area (Å²) in [7, 11) is 0. The molecule has 0 saturated heterocycles. The second-order valence-corrected chi connectivity index (χ2v) is 6.22. The monoisotopic (exact) mass is 329 g/mol. The Morgan fingerprint density at radius 1 is 1.15 bits per heavy atom. The van der Waals surface area contributed by atoms with Crippen LogP contribution in [0.5, 0.6) is 0 Å². The molecule has 2 aromatic carbocycles. The summed E-state index contributed by atoms with van der Waals surface area (Å²) < 4.78 is 0.961. The van der Waals surface area contributed by atoms with Gasteiger partial charge >= 0.3 is 0 Å². The summed E-state index contributed by atoms with van der Waals surface area (Å²) in [4.78, 5) is 0. The van der Waals surface area contributed by atoms with Crippen molar-refractivity contribution in [2.45, 2.75) is 19.9 Å². The molecule has 0 aliphatic carbocycles. The molecule has 2 rings (SSSR count). The van der Waals surface area contributed by atoms with Gasteiger partial charge in [0.15, 0.2) is 0 Å². The fourth-order valence-electron chi connectivity index (χ4n) is 2.42. The highest BCUT2D eigenvalue weighted by Gasteiger charge is 2.15. The lowest BCUT2D eigenvalue weighted by Crippen LogP contribution is -2.24. The average molecular weight is 330 g/mol. The molecular formula is C18H20BrN. The van der Waals surface area contributed by atoms with E-state index in [0.717, 1.165) is 11.0 Å². The number of nitrogens with one attached hydrogen (secondary N) is 1. The number of hydrogen-bond acceptors (Lipinski definition) is 1. The lowest BCUT2D eigenvalue weighted by atomic mass is 9.94. The van der Waals surface area contributed by atoms with Crippen LogP contribution in [0.4, 0.5) is 0 Å².